The van der Waals surface area contributed by atoms with Gasteiger partial charge in [0.05, 0.1) is 17.9 Å². The molecule has 1 aliphatic rings. The Kier molecular flexibility index (Phi) is 9.01. The van der Waals surface area contributed by atoms with Crippen LogP contribution in [0.2, 0.25) is 0 Å². The van der Waals surface area contributed by atoms with Crippen molar-refractivity contribution in [1.29, 1.82) is 0 Å². The van der Waals surface area contributed by atoms with Crippen LogP contribution in [0.4, 0.5) is 18.0 Å². The number of imide groups is 1. The van der Waals surface area contributed by atoms with Gasteiger partial charge in [-0.3, -0.25) is 9.59 Å². The molecule has 4 rings (SSSR count). The summed E-state index contributed by atoms with van der Waals surface area (Å²) in [6, 6.07) is 25.2. The first-order chi connectivity index (χ1) is 18.7. The van der Waals surface area contributed by atoms with E-state index in [-0.39, 0.29) is 13.2 Å². The molecule has 0 aromatic heterocycles. The maximum absolute atomic E-state index is 14.0. The zero-order valence-electron chi connectivity index (χ0n) is 21.1. The average molecular weight is 540 g/mol. The smallest absolute Gasteiger partial charge is 0.417 e. The summed E-state index contributed by atoms with van der Waals surface area (Å²) in [7, 11) is 0. The molecule has 0 unspecified atom stereocenters. The molecule has 3 aromatic rings. The highest BCUT2D eigenvalue weighted by Gasteiger charge is 2.46. The van der Waals surface area contributed by atoms with Gasteiger partial charge < -0.3 is 9.47 Å². The lowest BCUT2D eigenvalue weighted by Crippen LogP contribution is -2.46. The minimum Gasteiger partial charge on any atom is -0.461 e. The van der Waals surface area contributed by atoms with Crippen LogP contribution in [-0.2, 0) is 32.1 Å². The maximum Gasteiger partial charge on any atom is 0.417 e. The molecular formula is C30H28F3NO5. The Morgan fingerprint density at radius 1 is 0.897 bits per heavy atom. The summed E-state index contributed by atoms with van der Waals surface area (Å²) in [5.41, 5.74) is 1.81. The predicted octanol–water partition coefficient (Wildman–Crippen LogP) is 6.06. The number of alkyl halides is 3. The van der Waals surface area contributed by atoms with Crippen molar-refractivity contribution >= 4 is 18.0 Å². The van der Waals surface area contributed by atoms with E-state index in [1.165, 1.54) is 0 Å². The molecule has 3 atom stereocenters. The fourth-order valence-electron chi connectivity index (χ4n) is 4.70. The highest BCUT2D eigenvalue weighted by molar-refractivity contribution is 5.99. The Balaban J connectivity index is 1.66. The van der Waals surface area contributed by atoms with E-state index in [9.17, 15) is 27.6 Å². The number of carbonyl (C=O) groups excluding carboxylic acids is 3. The predicted molar refractivity (Wildman–Crippen MR) is 136 cm³/mol. The Hall–Kier alpha value is -4.14. The summed E-state index contributed by atoms with van der Waals surface area (Å²) in [5.74, 6) is -4.62. The molecule has 1 saturated heterocycles. The number of rotatable bonds is 10. The van der Waals surface area contributed by atoms with Crippen LogP contribution in [0.3, 0.4) is 0 Å². The lowest BCUT2D eigenvalue weighted by Gasteiger charge is -2.30. The molecule has 1 aliphatic heterocycles. The van der Waals surface area contributed by atoms with Crippen molar-refractivity contribution in [3.63, 3.8) is 0 Å². The molecule has 6 nitrogen and oxygen atoms in total. The maximum atomic E-state index is 14.0. The molecule has 39 heavy (non-hydrogen) atoms. The van der Waals surface area contributed by atoms with Crippen molar-refractivity contribution in [2.75, 3.05) is 6.61 Å². The quantitative estimate of drug-likeness (QED) is 0.293. The summed E-state index contributed by atoms with van der Waals surface area (Å²) in [4.78, 5) is 41.1. The number of halogens is 3. The number of esters is 1. The third-order valence-corrected chi connectivity index (χ3v) is 6.61. The van der Waals surface area contributed by atoms with E-state index in [1.807, 2.05) is 30.3 Å². The Bertz CT molecular complexity index is 1250. The Labute approximate surface area is 224 Å². The van der Waals surface area contributed by atoms with Gasteiger partial charge in [0, 0.05) is 6.42 Å². The third kappa shape index (κ3) is 7.46. The second-order valence-corrected chi connectivity index (χ2v) is 9.37. The largest absolute Gasteiger partial charge is 0.461 e. The lowest BCUT2D eigenvalue weighted by atomic mass is 9.81. The topological polar surface area (TPSA) is 72.9 Å². The second-order valence-electron chi connectivity index (χ2n) is 9.37. The molecule has 1 heterocycles. The van der Waals surface area contributed by atoms with Gasteiger partial charge in [-0.15, -0.1) is 0 Å². The highest BCUT2D eigenvalue weighted by atomic mass is 19.4. The van der Waals surface area contributed by atoms with Gasteiger partial charge in [-0.2, -0.15) is 13.2 Å². The number of cyclic esters (lactones) is 1. The molecule has 0 aliphatic carbocycles. The Morgan fingerprint density at radius 2 is 1.46 bits per heavy atom. The summed E-state index contributed by atoms with van der Waals surface area (Å²) in [6.45, 7) is -0.229. The van der Waals surface area contributed by atoms with Gasteiger partial charge in [0.15, 0.2) is 0 Å². The minimum absolute atomic E-state index is 0.0628. The molecule has 9 heteroatoms. The van der Waals surface area contributed by atoms with Crippen molar-refractivity contribution < 1.29 is 37.0 Å². The van der Waals surface area contributed by atoms with Crippen LogP contribution >= 0.6 is 0 Å². The van der Waals surface area contributed by atoms with Gasteiger partial charge in [-0.05, 0) is 29.5 Å². The fraction of sp³-hybridized carbons (Fsp3) is 0.300. The van der Waals surface area contributed by atoms with E-state index in [0.29, 0.717) is 17.5 Å². The first-order valence-electron chi connectivity index (χ1n) is 12.6. The SMILES string of the molecule is O=C(OCc1ccccc1)[C@H](CCC(F)(F)F)[C@@H](C(=O)N1C(=O)OC[C@H]1Cc1ccccc1)c1ccccc1. The molecular weight excluding hydrogens is 511 g/mol. The van der Waals surface area contributed by atoms with Crippen molar-refractivity contribution in [2.24, 2.45) is 5.92 Å². The van der Waals surface area contributed by atoms with Gasteiger partial charge >= 0.3 is 18.2 Å². The summed E-state index contributed by atoms with van der Waals surface area (Å²) >= 11 is 0. The van der Waals surface area contributed by atoms with Crippen LogP contribution < -0.4 is 0 Å². The highest BCUT2D eigenvalue weighted by Crippen LogP contribution is 2.36. The number of ether oxygens (including phenoxy) is 2. The van der Waals surface area contributed by atoms with Crippen molar-refractivity contribution in [2.45, 2.75) is 44.0 Å². The van der Waals surface area contributed by atoms with Gasteiger partial charge in [-0.1, -0.05) is 91.0 Å². The summed E-state index contributed by atoms with van der Waals surface area (Å²) < 4.78 is 50.6. The zero-order valence-corrected chi connectivity index (χ0v) is 21.1. The number of nitrogens with zero attached hydrogens (tertiary/aromatic N) is 1. The molecule has 0 radical (unpaired) electrons. The summed E-state index contributed by atoms with van der Waals surface area (Å²) in [5, 5.41) is 0. The number of amides is 2. The fourth-order valence-corrected chi connectivity index (χ4v) is 4.70. The molecule has 0 spiro atoms. The standard InChI is InChI=1S/C30H28F3NO5/c31-30(32,33)17-16-25(28(36)38-19-22-12-6-2-7-13-22)26(23-14-8-3-9-15-23)27(35)34-24(20-39-29(34)37)18-21-10-4-1-5-11-21/h1-15,24-26H,16-20H2/t24-,25-,26+/m1/s1. The van der Waals surface area contributed by atoms with Gasteiger partial charge in [0.1, 0.15) is 13.2 Å². The van der Waals surface area contributed by atoms with Crippen LogP contribution in [0, 0.1) is 5.92 Å². The molecule has 1 fully saturated rings. The van der Waals surface area contributed by atoms with E-state index in [4.69, 9.17) is 9.47 Å². The van der Waals surface area contributed by atoms with Crippen LogP contribution in [-0.4, -0.2) is 41.7 Å². The summed E-state index contributed by atoms with van der Waals surface area (Å²) in [6.07, 6.45) is -7.15. The third-order valence-electron chi connectivity index (χ3n) is 6.61. The lowest BCUT2D eigenvalue weighted by molar-refractivity contribution is -0.159. The number of benzene rings is 3. The van der Waals surface area contributed by atoms with Crippen LogP contribution in [0.1, 0.15) is 35.4 Å². The van der Waals surface area contributed by atoms with Gasteiger partial charge in [0.25, 0.3) is 0 Å². The molecule has 0 bridgehead atoms. The van der Waals surface area contributed by atoms with Gasteiger partial charge in [0.2, 0.25) is 5.91 Å². The first-order valence-corrected chi connectivity index (χ1v) is 12.6. The van der Waals surface area contributed by atoms with Crippen LogP contribution in [0.15, 0.2) is 91.0 Å². The average Bonchev–Trinajstić information content (AvgIpc) is 3.30. The van der Waals surface area contributed by atoms with E-state index in [1.54, 1.807) is 60.7 Å². The molecule has 3 aromatic carbocycles. The monoisotopic (exact) mass is 539 g/mol. The van der Waals surface area contributed by atoms with Crippen molar-refractivity contribution in [1.82, 2.24) is 4.90 Å². The molecule has 0 saturated carbocycles. The minimum atomic E-state index is -4.56. The van der Waals surface area contributed by atoms with E-state index in [0.717, 1.165) is 10.5 Å². The normalized spacial score (nSPS) is 16.8. The number of hydrogen-bond acceptors (Lipinski definition) is 5. The Morgan fingerprint density at radius 3 is 2.05 bits per heavy atom. The van der Waals surface area contributed by atoms with Gasteiger partial charge in [-0.25, -0.2) is 9.69 Å². The second kappa shape index (κ2) is 12.6. The zero-order chi connectivity index (χ0) is 27.8. The first kappa shape index (κ1) is 27.9. The van der Waals surface area contributed by atoms with Crippen LogP contribution in [0.25, 0.3) is 0 Å². The van der Waals surface area contributed by atoms with Crippen LogP contribution in [0.5, 0.6) is 0 Å². The van der Waals surface area contributed by atoms with Crippen molar-refractivity contribution in [3.8, 4) is 0 Å². The van der Waals surface area contributed by atoms with Crippen molar-refractivity contribution in [3.05, 3.63) is 108 Å². The van der Waals surface area contributed by atoms with E-state index < -0.39 is 54.9 Å². The molecule has 0 N–H and O–H groups in total. The number of hydrogen-bond donors (Lipinski definition) is 0. The number of carbonyl (C=O) groups is 3. The molecule has 204 valence electrons. The van der Waals surface area contributed by atoms with E-state index >= 15 is 0 Å². The van der Waals surface area contributed by atoms with E-state index in [2.05, 4.69) is 0 Å². The molecule has 2 amide bonds.